The third-order valence-electron chi connectivity index (χ3n) is 3.92. The summed E-state index contributed by atoms with van der Waals surface area (Å²) in [5, 5.41) is 3.75. The first kappa shape index (κ1) is 12.9. The van der Waals surface area contributed by atoms with E-state index in [1.54, 1.807) is 0 Å². The second-order valence-electron chi connectivity index (χ2n) is 5.32. The maximum Gasteiger partial charge on any atom is 0.317 e. The van der Waals surface area contributed by atoms with Gasteiger partial charge >= 0.3 is 6.03 Å². The maximum atomic E-state index is 12.1. The van der Waals surface area contributed by atoms with Crippen molar-refractivity contribution < 1.29 is 4.79 Å². The van der Waals surface area contributed by atoms with Crippen LogP contribution in [0.25, 0.3) is 0 Å². The molecule has 3 nitrogen and oxygen atoms in total. The molecule has 0 aromatic heterocycles. The van der Waals surface area contributed by atoms with E-state index in [2.05, 4.69) is 29.6 Å². The van der Waals surface area contributed by atoms with Gasteiger partial charge in [-0.25, -0.2) is 4.79 Å². The zero-order chi connectivity index (χ0) is 13.1. The lowest BCUT2D eigenvalue weighted by atomic mass is 10.1. The molecule has 2 fully saturated rings. The molecule has 2 saturated heterocycles. The topological polar surface area (TPSA) is 32.3 Å². The fraction of sp³-hybridized carbons (Fsp3) is 0.533. The van der Waals surface area contributed by atoms with Gasteiger partial charge in [-0.2, -0.15) is 11.8 Å². The summed E-state index contributed by atoms with van der Waals surface area (Å²) in [7, 11) is 0. The molecule has 2 aliphatic rings. The van der Waals surface area contributed by atoms with Gasteiger partial charge in [-0.05, 0) is 24.8 Å². The summed E-state index contributed by atoms with van der Waals surface area (Å²) in [5.74, 6) is 1.13. The van der Waals surface area contributed by atoms with Crippen molar-refractivity contribution in [2.24, 2.45) is 0 Å². The van der Waals surface area contributed by atoms with E-state index in [-0.39, 0.29) is 6.03 Å². The molecule has 0 radical (unpaired) electrons. The highest BCUT2D eigenvalue weighted by molar-refractivity contribution is 8.00. The molecule has 4 heteroatoms. The predicted octanol–water partition coefficient (Wildman–Crippen LogP) is 2.52. The largest absolute Gasteiger partial charge is 0.338 e. The Morgan fingerprint density at radius 2 is 2.21 bits per heavy atom. The van der Waals surface area contributed by atoms with Crippen molar-refractivity contribution in [2.45, 2.75) is 30.6 Å². The smallest absolute Gasteiger partial charge is 0.317 e. The Morgan fingerprint density at radius 1 is 1.37 bits per heavy atom. The number of carbonyl (C=O) groups is 1. The molecule has 2 amide bonds. The van der Waals surface area contributed by atoms with Crippen molar-refractivity contribution in [3.05, 3.63) is 35.9 Å². The highest BCUT2D eigenvalue weighted by atomic mass is 32.2. The quantitative estimate of drug-likeness (QED) is 0.857. The first-order valence-corrected chi connectivity index (χ1v) is 8.08. The maximum absolute atomic E-state index is 12.1. The molecule has 2 atom stereocenters. The minimum atomic E-state index is 0.140. The van der Waals surface area contributed by atoms with Gasteiger partial charge in [0.1, 0.15) is 0 Å². The molecule has 1 aromatic rings. The van der Waals surface area contributed by atoms with E-state index in [1.807, 2.05) is 22.7 Å². The number of rotatable bonds is 4. The molecule has 2 aliphatic heterocycles. The third kappa shape index (κ3) is 3.06. The Morgan fingerprint density at radius 3 is 2.89 bits per heavy atom. The van der Waals surface area contributed by atoms with Crippen LogP contribution in [-0.2, 0) is 6.42 Å². The first-order valence-electron chi connectivity index (χ1n) is 7.03. The fourth-order valence-corrected chi connectivity index (χ4v) is 4.32. The Balaban J connectivity index is 1.37. The molecule has 2 heterocycles. The zero-order valence-corrected chi connectivity index (χ0v) is 11.9. The van der Waals surface area contributed by atoms with E-state index in [0.717, 1.165) is 31.7 Å². The van der Waals surface area contributed by atoms with Gasteiger partial charge in [-0.3, -0.25) is 0 Å². The number of fused-ring (bicyclic) bond motifs is 2. The number of hydrogen-bond acceptors (Lipinski definition) is 2. The van der Waals surface area contributed by atoms with Crippen molar-refractivity contribution in [3.8, 4) is 0 Å². The molecule has 2 bridgehead atoms. The van der Waals surface area contributed by atoms with Crippen LogP contribution in [-0.4, -0.2) is 41.1 Å². The molecule has 3 rings (SSSR count). The first-order chi connectivity index (χ1) is 9.33. The van der Waals surface area contributed by atoms with Gasteiger partial charge in [0, 0.05) is 30.1 Å². The predicted molar refractivity (Wildman–Crippen MR) is 79.5 cm³/mol. The number of hydrogen-bond donors (Lipinski definition) is 1. The van der Waals surface area contributed by atoms with Crippen LogP contribution in [0.15, 0.2) is 30.3 Å². The summed E-state index contributed by atoms with van der Waals surface area (Å²) >= 11 is 2.02. The second kappa shape index (κ2) is 5.87. The van der Waals surface area contributed by atoms with E-state index < -0.39 is 0 Å². The number of nitrogens with one attached hydrogen (secondary N) is 1. The van der Waals surface area contributed by atoms with E-state index >= 15 is 0 Å². The van der Waals surface area contributed by atoms with E-state index in [9.17, 15) is 4.79 Å². The van der Waals surface area contributed by atoms with Crippen molar-refractivity contribution in [1.82, 2.24) is 10.2 Å². The van der Waals surface area contributed by atoms with Gasteiger partial charge < -0.3 is 10.2 Å². The van der Waals surface area contributed by atoms with Crippen LogP contribution in [0.1, 0.15) is 18.4 Å². The number of aryl methyl sites for hydroxylation is 1. The molecular formula is C15H20N2OS. The number of amides is 2. The molecule has 1 aromatic carbocycles. The fourth-order valence-electron chi connectivity index (χ4n) is 2.88. The monoisotopic (exact) mass is 276 g/mol. The van der Waals surface area contributed by atoms with Crippen LogP contribution in [0, 0.1) is 0 Å². The third-order valence-corrected chi connectivity index (χ3v) is 5.31. The SMILES string of the molecule is O=C(NCCCc1ccccc1)N1CC2CC1CS2. The number of nitrogens with zero attached hydrogens (tertiary/aromatic N) is 1. The van der Waals surface area contributed by atoms with Gasteiger partial charge in [0.25, 0.3) is 0 Å². The summed E-state index contributed by atoms with van der Waals surface area (Å²) in [4.78, 5) is 14.1. The average molecular weight is 276 g/mol. The lowest BCUT2D eigenvalue weighted by Crippen LogP contribution is -2.45. The summed E-state index contributed by atoms with van der Waals surface area (Å²) in [6, 6.07) is 11.1. The molecule has 1 N–H and O–H groups in total. The van der Waals surface area contributed by atoms with E-state index in [1.165, 1.54) is 12.0 Å². The molecule has 19 heavy (non-hydrogen) atoms. The molecule has 0 aliphatic carbocycles. The van der Waals surface area contributed by atoms with Crippen LogP contribution < -0.4 is 5.32 Å². The Hall–Kier alpha value is -1.16. The standard InChI is InChI=1S/C15H20N2OS/c18-15(17-10-14-9-13(17)11-19-14)16-8-4-7-12-5-2-1-3-6-12/h1-3,5-6,13-14H,4,7-11H2,(H,16,18). The number of urea groups is 1. The Bertz CT molecular complexity index is 437. The summed E-state index contributed by atoms with van der Waals surface area (Å²) in [6.45, 7) is 1.72. The average Bonchev–Trinajstić information content (AvgIpc) is 3.07. The molecular weight excluding hydrogens is 256 g/mol. The molecule has 0 spiro atoms. The van der Waals surface area contributed by atoms with Gasteiger partial charge in [0.2, 0.25) is 0 Å². The van der Waals surface area contributed by atoms with Crippen LogP contribution in [0.5, 0.6) is 0 Å². The number of likely N-dealkylation sites (tertiary alicyclic amines) is 1. The van der Waals surface area contributed by atoms with Crippen molar-refractivity contribution in [3.63, 3.8) is 0 Å². The van der Waals surface area contributed by atoms with Gasteiger partial charge in [0.15, 0.2) is 0 Å². The molecule has 2 unspecified atom stereocenters. The van der Waals surface area contributed by atoms with Crippen molar-refractivity contribution in [2.75, 3.05) is 18.8 Å². The van der Waals surface area contributed by atoms with Crippen molar-refractivity contribution >= 4 is 17.8 Å². The number of benzene rings is 1. The highest BCUT2D eigenvalue weighted by Crippen LogP contribution is 2.37. The van der Waals surface area contributed by atoms with Crippen LogP contribution in [0.2, 0.25) is 0 Å². The summed E-state index contributed by atoms with van der Waals surface area (Å²) in [5.41, 5.74) is 1.34. The lowest BCUT2D eigenvalue weighted by Gasteiger charge is -2.26. The number of thioether (sulfide) groups is 1. The highest BCUT2D eigenvalue weighted by Gasteiger charge is 2.40. The summed E-state index contributed by atoms with van der Waals surface area (Å²) < 4.78 is 0. The van der Waals surface area contributed by atoms with E-state index in [0.29, 0.717) is 11.3 Å². The Labute approximate surface area is 118 Å². The minimum Gasteiger partial charge on any atom is -0.338 e. The minimum absolute atomic E-state index is 0.140. The van der Waals surface area contributed by atoms with Gasteiger partial charge in [-0.15, -0.1) is 0 Å². The molecule has 102 valence electrons. The normalized spacial score (nSPS) is 24.7. The zero-order valence-electron chi connectivity index (χ0n) is 11.0. The van der Waals surface area contributed by atoms with E-state index in [4.69, 9.17) is 0 Å². The van der Waals surface area contributed by atoms with Gasteiger partial charge in [0.05, 0.1) is 0 Å². The molecule has 0 saturated carbocycles. The Kier molecular flexibility index (Phi) is 3.97. The van der Waals surface area contributed by atoms with Crippen molar-refractivity contribution in [1.29, 1.82) is 0 Å². The lowest BCUT2D eigenvalue weighted by molar-refractivity contribution is 0.196. The summed E-state index contributed by atoms with van der Waals surface area (Å²) in [6.07, 6.45) is 3.23. The van der Waals surface area contributed by atoms with Crippen LogP contribution in [0.3, 0.4) is 0 Å². The number of carbonyl (C=O) groups excluding carboxylic acids is 1. The second-order valence-corrected chi connectivity index (χ2v) is 6.65. The van der Waals surface area contributed by atoms with Crippen LogP contribution >= 0.6 is 11.8 Å². The van der Waals surface area contributed by atoms with Crippen LogP contribution in [0.4, 0.5) is 4.79 Å². The van der Waals surface area contributed by atoms with Gasteiger partial charge in [-0.1, -0.05) is 30.3 Å².